The first-order chi connectivity index (χ1) is 15.1. The van der Waals surface area contributed by atoms with Gasteiger partial charge in [0.2, 0.25) is 0 Å². The average Bonchev–Trinajstić information content (AvgIpc) is 3.49. The Bertz CT molecular complexity index is 1120. The number of hydrogen-bond donors (Lipinski definition) is 2. The fourth-order valence-corrected chi connectivity index (χ4v) is 4.80. The number of carbonyl (C=O) groups excluding carboxylic acids is 1. The molecule has 1 atom stereocenters. The van der Waals surface area contributed by atoms with E-state index in [1.165, 1.54) is 17.5 Å². The van der Waals surface area contributed by atoms with Crippen LogP contribution in [0.25, 0.3) is 11.3 Å². The lowest BCUT2D eigenvalue weighted by Gasteiger charge is -2.17. The minimum absolute atomic E-state index is 0.0400. The van der Waals surface area contributed by atoms with Gasteiger partial charge in [0.1, 0.15) is 11.6 Å². The lowest BCUT2D eigenvalue weighted by Crippen LogP contribution is -2.27. The summed E-state index contributed by atoms with van der Waals surface area (Å²) in [6, 6.07) is 9.93. The van der Waals surface area contributed by atoms with Crippen LogP contribution in [0.4, 0.5) is 0 Å². The van der Waals surface area contributed by atoms with Crippen LogP contribution in [-0.4, -0.2) is 27.7 Å². The Balaban J connectivity index is 1.40. The molecule has 0 bridgehead atoms. The third-order valence-electron chi connectivity index (χ3n) is 6.60. The van der Waals surface area contributed by atoms with E-state index in [0.29, 0.717) is 16.9 Å². The molecule has 0 spiro atoms. The van der Waals surface area contributed by atoms with Crippen LogP contribution in [-0.2, 0) is 26.0 Å². The van der Waals surface area contributed by atoms with Crippen LogP contribution >= 0.6 is 0 Å². The molecule has 1 unspecified atom stereocenters. The second-order valence-corrected chi connectivity index (χ2v) is 8.44. The van der Waals surface area contributed by atoms with Crippen molar-refractivity contribution in [3.05, 3.63) is 70.2 Å². The number of nitrogens with zero attached hydrogens (tertiary/aromatic N) is 2. The fourth-order valence-electron chi connectivity index (χ4n) is 4.80. The van der Waals surface area contributed by atoms with Crippen LogP contribution in [0.1, 0.15) is 57.3 Å². The molecular formula is C25H27N3O3. The van der Waals surface area contributed by atoms with Crippen molar-refractivity contribution in [1.82, 2.24) is 14.9 Å². The Labute approximate surface area is 181 Å². The highest BCUT2D eigenvalue weighted by Gasteiger charge is 2.26. The summed E-state index contributed by atoms with van der Waals surface area (Å²) in [4.78, 5) is 17.8. The minimum Gasteiger partial charge on any atom is -0.496 e. The first-order valence-electron chi connectivity index (χ1n) is 10.9. The SMILES string of the molecule is COc1cc(C(=O)NC2CCc3ccc(-c4cn5c(n4)CCC5)cc32)cc(CO)c1C. The minimum atomic E-state index is -0.155. The summed E-state index contributed by atoms with van der Waals surface area (Å²) in [5, 5.41) is 12.8. The number of hydrogen-bond acceptors (Lipinski definition) is 4. The summed E-state index contributed by atoms with van der Waals surface area (Å²) in [5.74, 6) is 1.62. The number of ether oxygens (including phenoxy) is 1. The van der Waals surface area contributed by atoms with Gasteiger partial charge in [-0.3, -0.25) is 4.79 Å². The molecule has 6 heteroatoms. The number of benzene rings is 2. The quantitative estimate of drug-likeness (QED) is 0.663. The summed E-state index contributed by atoms with van der Waals surface area (Å²) < 4.78 is 7.64. The van der Waals surface area contributed by atoms with Gasteiger partial charge in [0, 0.05) is 30.3 Å². The molecule has 2 N–H and O–H groups in total. The molecule has 2 aliphatic rings. The summed E-state index contributed by atoms with van der Waals surface area (Å²) in [7, 11) is 1.58. The van der Waals surface area contributed by atoms with Gasteiger partial charge in [0.25, 0.3) is 5.91 Å². The zero-order valence-electron chi connectivity index (χ0n) is 17.9. The molecule has 0 saturated heterocycles. The first kappa shape index (κ1) is 19.8. The molecule has 0 fully saturated rings. The maximum absolute atomic E-state index is 13.0. The maximum Gasteiger partial charge on any atom is 0.251 e. The van der Waals surface area contributed by atoms with Crippen LogP contribution in [0, 0.1) is 6.92 Å². The van der Waals surface area contributed by atoms with Crippen LogP contribution < -0.4 is 10.1 Å². The van der Waals surface area contributed by atoms with Crippen LogP contribution in [0.2, 0.25) is 0 Å². The van der Waals surface area contributed by atoms with Gasteiger partial charge in [-0.2, -0.15) is 0 Å². The number of aliphatic hydroxyl groups excluding tert-OH is 1. The van der Waals surface area contributed by atoms with E-state index in [9.17, 15) is 9.90 Å². The van der Waals surface area contributed by atoms with Crippen molar-refractivity contribution in [3.63, 3.8) is 0 Å². The Morgan fingerprint density at radius 1 is 1.29 bits per heavy atom. The van der Waals surface area contributed by atoms with Crippen molar-refractivity contribution in [2.75, 3.05) is 7.11 Å². The van der Waals surface area contributed by atoms with Crippen molar-refractivity contribution < 1.29 is 14.6 Å². The third kappa shape index (κ3) is 3.51. The number of aryl methyl sites for hydroxylation is 3. The van der Waals surface area contributed by atoms with E-state index in [4.69, 9.17) is 9.72 Å². The molecule has 1 aliphatic heterocycles. The second kappa shape index (κ2) is 7.85. The Hall–Kier alpha value is -3.12. The van der Waals surface area contributed by atoms with Gasteiger partial charge in [-0.15, -0.1) is 0 Å². The van der Waals surface area contributed by atoms with Gasteiger partial charge in [0.15, 0.2) is 0 Å². The van der Waals surface area contributed by atoms with Crippen molar-refractivity contribution in [1.29, 1.82) is 0 Å². The van der Waals surface area contributed by atoms with Gasteiger partial charge >= 0.3 is 0 Å². The van der Waals surface area contributed by atoms with E-state index in [1.54, 1.807) is 19.2 Å². The number of nitrogens with one attached hydrogen (secondary N) is 1. The smallest absolute Gasteiger partial charge is 0.251 e. The molecule has 2 aromatic carbocycles. The number of carbonyl (C=O) groups is 1. The van der Waals surface area contributed by atoms with Gasteiger partial charge in [-0.25, -0.2) is 4.98 Å². The molecule has 31 heavy (non-hydrogen) atoms. The highest BCUT2D eigenvalue weighted by Crippen LogP contribution is 2.35. The van der Waals surface area contributed by atoms with E-state index in [1.807, 2.05) is 6.92 Å². The van der Waals surface area contributed by atoms with Crippen molar-refractivity contribution in [3.8, 4) is 17.0 Å². The molecule has 3 aromatic rings. The van der Waals surface area contributed by atoms with Crippen LogP contribution in [0.15, 0.2) is 36.5 Å². The Kier molecular flexibility index (Phi) is 5.02. The molecule has 0 saturated carbocycles. The molecule has 5 rings (SSSR count). The number of rotatable bonds is 5. The van der Waals surface area contributed by atoms with Crippen LogP contribution in [0.5, 0.6) is 5.75 Å². The van der Waals surface area contributed by atoms with Gasteiger partial charge < -0.3 is 19.7 Å². The molecule has 1 aliphatic carbocycles. The molecule has 160 valence electrons. The number of aliphatic hydroxyl groups is 1. The number of fused-ring (bicyclic) bond motifs is 2. The number of amides is 1. The number of methoxy groups -OCH3 is 1. The molecule has 1 aromatic heterocycles. The largest absolute Gasteiger partial charge is 0.496 e. The van der Waals surface area contributed by atoms with E-state index in [2.05, 4.69) is 34.3 Å². The number of aromatic nitrogens is 2. The zero-order chi connectivity index (χ0) is 21.5. The molecule has 1 amide bonds. The van der Waals surface area contributed by atoms with Crippen LogP contribution in [0.3, 0.4) is 0 Å². The van der Waals surface area contributed by atoms with E-state index >= 15 is 0 Å². The second-order valence-electron chi connectivity index (χ2n) is 8.44. The van der Waals surface area contributed by atoms with Gasteiger partial charge in [0.05, 0.1) is 25.5 Å². The standard InChI is InChI=1S/C25H27N3O3/c1-15-19(14-29)10-18(12-23(15)31-2)25(30)27-21-8-7-16-5-6-17(11-20(16)21)22-13-28-9-3-4-24(28)26-22/h5-6,10-13,21,29H,3-4,7-9,14H2,1-2H3,(H,27,30). The highest BCUT2D eigenvalue weighted by molar-refractivity contribution is 5.95. The third-order valence-corrected chi connectivity index (χ3v) is 6.60. The first-order valence-corrected chi connectivity index (χ1v) is 10.9. The predicted octanol–water partition coefficient (Wildman–Crippen LogP) is 3.72. The Morgan fingerprint density at radius 3 is 2.94 bits per heavy atom. The summed E-state index contributed by atoms with van der Waals surface area (Å²) in [6.45, 7) is 2.79. The Morgan fingerprint density at radius 2 is 2.16 bits per heavy atom. The monoisotopic (exact) mass is 417 g/mol. The van der Waals surface area contributed by atoms with Crippen molar-refractivity contribution in [2.24, 2.45) is 0 Å². The van der Waals surface area contributed by atoms with E-state index < -0.39 is 0 Å². The average molecular weight is 418 g/mol. The van der Waals surface area contributed by atoms with E-state index in [-0.39, 0.29) is 18.6 Å². The van der Waals surface area contributed by atoms with Gasteiger partial charge in [-0.1, -0.05) is 12.1 Å². The fraction of sp³-hybridized carbons (Fsp3) is 0.360. The summed E-state index contributed by atoms with van der Waals surface area (Å²) >= 11 is 0. The zero-order valence-corrected chi connectivity index (χ0v) is 17.9. The maximum atomic E-state index is 13.0. The normalized spacial score (nSPS) is 16.8. The predicted molar refractivity (Wildman–Crippen MR) is 118 cm³/mol. The molecular weight excluding hydrogens is 390 g/mol. The molecule has 2 heterocycles. The van der Waals surface area contributed by atoms with E-state index in [0.717, 1.165) is 48.5 Å². The lowest BCUT2D eigenvalue weighted by molar-refractivity contribution is 0.0936. The summed E-state index contributed by atoms with van der Waals surface area (Å²) in [5.41, 5.74) is 6.60. The number of imidazole rings is 1. The highest BCUT2D eigenvalue weighted by atomic mass is 16.5. The lowest BCUT2D eigenvalue weighted by atomic mass is 10.0. The van der Waals surface area contributed by atoms with Gasteiger partial charge in [-0.05, 0) is 66.6 Å². The molecule has 6 nitrogen and oxygen atoms in total. The van der Waals surface area contributed by atoms with Crippen molar-refractivity contribution in [2.45, 2.75) is 51.8 Å². The summed E-state index contributed by atoms with van der Waals surface area (Å²) in [6.07, 6.45) is 6.17. The van der Waals surface area contributed by atoms with Crippen molar-refractivity contribution >= 4 is 5.91 Å². The molecule has 0 radical (unpaired) electrons. The topological polar surface area (TPSA) is 76.4 Å².